The van der Waals surface area contributed by atoms with Gasteiger partial charge in [-0.1, -0.05) is 36.4 Å². The molecule has 146 valence electrons. The fraction of sp³-hybridized carbons (Fsp3) is 0.182. The molecule has 4 aromatic rings. The number of fused-ring (bicyclic) bond motifs is 1. The first-order chi connectivity index (χ1) is 14.0. The number of hydrogen-bond donors (Lipinski definition) is 0. The summed E-state index contributed by atoms with van der Waals surface area (Å²) in [4.78, 5) is 12.5. The summed E-state index contributed by atoms with van der Waals surface area (Å²) in [6, 6.07) is 20.7. The topological polar surface area (TPSA) is 85.3 Å². The maximum Gasteiger partial charge on any atom is 0.269 e. The molecule has 1 atom stereocenters. The molecular formula is C22H20N4O3. The zero-order valence-electron chi connectivity index (χ0n) is 16.1. The summed E-state index contributed by atoms with van der Waals surface area (Å²) in [5.74, 6) is 0.850. The first-order valence-electron chi connectivity index (χ1n) is 9.27. The molecule has 0 saturated carbocycles. The van der Waals surface area contributed by atoms with Crippen LogP contribution in [0.4, 0.5) is 5.69 Å². The molecule has 0 aliphatic rings. The van der Waals surface area contributed by atoms with Crippen LogP contribution >= 0.6 is 0 Å². The number of nitro benzene ring substituents is 1. The van der Waals surface area contributed by atoms with Crippen molar-refractivity contribution in [2.75, 3.05) is 7.05 Å². The molecule has 1 unspecified atom stereocenters. The van der Waals surface area contributed by atoms with E-state index in [1.165, 1.54) is 28.5 Å². The second kappa shape index (κ2) is 7.81. The van der Waals surface area contributed by atoms with Crippen molar-refractivity contribution in [3.8, 4) is 11.5 Å². The van der Waals surface area contributed by atoms with Crippen LogP contribution in [0.5, 0.6) is 0 Å². The fourth-order valence-corrected chi connectivity index (χ4v) is 3.20. The number of hydrogen-bond acceptors (Lipinski definition) is 6. The van der Waals surface area contributed by atoms with Crippen molar-refractivity contribution in [1.82, 2.24) is 15.1 Å². The van der Waals surface area contributed by atoms with Crippen LogP contribution in [0.3, 0.4) is 0 Å². The fourth-order valence-electron chi connectivity index (χ4n) is 3.20. The van der Waals surface area contributed by atoms with Crippen LogP contribution in [0.2, 0.25) is 0 Å². The summed E-state index contributed by atoms with van der Waals surface area (Å²) in [6.45, 7) is 2.75. The molecular weight excluding hydrogens is 368 g/mol. The number of benzene rings is 3. The van der Waals surface area contributed by atoms with Gasteiger partial charge in [-0.3, -0.25) is 15.0 Å². The normalized spacial score (nSPS) is 12.4. The van der Waals surface area contributed by atoms with Gasteiger partial charge >= 0.3 is 0 Å². The molecule has 7 heteroatoms. The molecule has 0 aliphatic heterocycles. The van der Waals surface area contributed by atoms with Gasteiger partial charge in [0.15, 0.2) is 0 Å². The molecule has 1 heterocycles. The average molecular weight is 388 g/mol. The molecule has 0 aliphatic carbocycles. The highest BCUT2D eigenvalue weighted by molar-refractivity contribution is 5.82. The molecule has 0 amide bonds. The smallest absolute Gasteiger partial charge is 0.269 e. The zero-order valence-corrected chi connectivity index (χ0v) is 16.1. The van der Waals surface area contributed by atoms with Crippen molar-refractivity contribution in [2.24, 2.45) is 0 Å². The molecule has 4 rings (SSSR count). The zero-order chi connectivity index (χ0) is 20.4. The van der Waals surface area contributed by atoms with Crippen molar-refractivity contribution in [3.05, 3.63) is 88.3 Å². The van der Waals surface area contributed by atoms with Crippen LogP contribution in [-0.2, 0) is 6.54 Å². The van der Waals surface area contributed by atoms with Gasteiger partial charge in [-0.15, -0.1) is 10.2 Å². The van der Waals surface area contributed by atoms with E-state index in [9.17, 15) is 10.1 Å². The van der Waals surface area contributed by atoms with E-state index in [1.54, 1.807) is 12.1 Å². The molecule has 29 heavy (non-hydrogen) atoms. The van der Waals surface area contributed by atoms with Crippen molar-refractivity contribution >= 4 is 16.5 Å². The highest BCUT2D eigenvalue weighted by Crippen LogP contribution is 2.26. The van der Waals surface area contributed by atoms with Crippen molar-refractivity contribution < 1.29 is 9.34 Å². The summed E-state index contributed by atoms with van der Waals surface area (Å²) in [6.07, 6.45) is 0. The minimum absolute atomic E-state index is 0.0250. The van der Waals surface area contributed by atoms with Gasteiger partial charge in [-0.2, -0.15) is 0 Å². The Bertz CT molecular complexity index is 1150. The van der Waals surface area contributed by atoms with Gasteiger partial charge in [0, 0.05) is 24.2 Å². The third kappa shape index (κ3) is 4.00. The van der Waals surface area contributed by atoms with Crippen molar-refractivity contribution in [3.63, 3.8) is 0 Å². The SMILES string of the molecule is CC(c1nnc(-c2ccc([N+](=O)[O-])cc2)o1)N(C)Cc1ccc2ccccc2c1. The van der Waals surface area contributed by atoms with Gasteiger partial charge in [0.25, 0.3) is 5.69 Å². The van der Waals surface area contributed by atoms with E-state index in [0.717, 1.165) is 6.54 Å². The predicted molar refractivity (Wildman–Crippen MR) is 110 cm³/mol. The molecule has 3 aromatic carbocycles. The molecule has 0 N–H and O–H groups in total. The lowest BCUT2D eigenvalue weighted by molar-refractivity contribution is -0.384. The Morgan fingerprint density at radius 3 is 2.48 bits per heavy atom. The summed E-state index contributed by atoms with van der Waals surface area (Å²) < 4.78 is 5.83. The van der Waals surface area contributed by atoms with Crippen LogP contribution in [0, 0.1) is 10.1 Å². The second-order valence-corrected chi connectivity index (χ2v) is 7.02. The van der Waals surface area contributed by atoms with E-state index in [-0.39, 0.29) is 11.7 Å². The number of non-ortho nitro benzene ring substituents is 1. The third-order valence-corrected chi connectivity index (χ3v) is 5.03. The highest BCUT2D eigenvalue weighted by atomic mass is 16.6. The van der Waals surface area contributed by atoms with Crippen LogP contribution in [-0.4, -0.2) is 27.1 Å². The molecule has 1 aromatic heterocycles. The summed E-state index contributed by atoms with van der Waals surface area (Å²) in [5, 5.41) is 21.5. The lowest BCUT2D eigenvalue weighted by Gasteiger charge is -2.22. The molecule has 0 fully saturated rings. The van der Waals surface area contributed by atoms with E-state index in [0.29, 0.717) is 17.3 Å². The van der Waals surface area contributed by atoms with Crippen LogP contribution in [0.15, 0.2) is 71.1 Å². The van der Waals surface area contributed by atoms with Crippen LogP contribution < -0.4 is 0 Å². The Hall–Kier alpha value is -3.58. The van der Waals surface area contributed by atoms with Crippen LogP contribution in [0.1, 0.15) is 24.4 Å². The van der Waals surface area contributed by atoms with Gasteiger partial charge in [0.05, 0.1) is 11.0 Å². The van der Waals surface area contributed by atoms with E-state index in [2.05, 4.69) is 45.4 Å². The Labute approximate surface area is 167 Å². The Morgan fingerprint density at radius 2 is 1.76 bits per heavy atom. The molecule has 7 nitrogen and oxygen atoms in total. The van der Waals surface area contributed by atoms with E-state index in [1.807, 2.05) is 26.1 Å². The van der Waals surface area contributed by atoms with Gasteiger partial charge in [-0.05, 0) is 48.5 Å². The highest BCUT2D eigenvalue weighted by Gasteiger charge is 2.20. The van der Waals surface area contributed by atoms with E-state index in [4.69, 9.17) is 4.42 Å². The number of nitrogens with zero attached hydrogens (tertiary/aromatic N) is 4. The quantitative estimate of drug-likeness (QED) is 0.342. The minimum atomic E-state index is -0.438. The van der Waals surface area contributed by atoms with Gasteiger partial charge in [0.2, 0.25) is 11.8 Å². The lowest BCUT2D eigenvalue weighted by Crippen LogP contribution is -2.22. The lowest BCUT2D eigenvalue weighted by atomic mass is 10.1. The Kier molecular flexibility index (Phi) is 5.05. The van der Waals surface area contributed by atoms with Crippen LogP contribution in [0.25, 0.3) is 22.2 Å². The average Bonchev–Trinajstić information content (AvgIpc) is 3.23. The number of aromatic nitrogens is 2. The first kappa shape index (κ1) is 18.8. The first-order valence-corrected chi connectivity index (χ1v) is 9.27. The molecule has 0 spiro atoms. The standard InChI is InChI=1S/C22H20N4O3/c1-15(25(2)14-16-7-8-17-5-3-4-6-19(17)13-16)21-23-24-22(29-21)18-9-11-20(12-10-18)26(27)28/h3-13,15H,14H2,1-2H3. The predicted octanol–water partition coefficient (Wildman–Crippen LogP) is 4.99. The number of nitro groups is 1. The molecule has 0 bridgehead atoms. The molecule has 0 saturated heterocycles. The van der Waals surface area contributed by atoms with E-state index >= 15 is 0 Å². The van der Waals surface area contributed by atoms with E-state index < -0.39 is 4.92 Å². The summed E-state index contributed by atoms with van der Waals surface area (Å²) >= 11 is 0. The third-order valence-electron chi connectivity index (χ3n) is 5.03. The largest absolute Gasteiger partial charge is 0.419 e. The molecule has 0 radical (unpaired) electrons. The minimum Gasteiger partial charge on any atom is -0.419 e. The van der Waals surface area contributed by atoms with Gasteiger partial charge in [-0.25, -0.2) is 0 Å². The van der Waals surface area contributed by atoms with Crippen molar-refractivity contribution in [1.29, 1.82) is 0 Å². The Balaban J connectivity index is 1.48. The summed E-state index contributed by atoms with van der Waals surface area (Å²) in [5.41, 5.74) is 1.88. The maximum absolute atomic E-state index is 10.8. The maximum atomic E-state index is 10.8. The number of rotatable bonds is 6. The summed E-state index contributed by atoms with van der Waals surface area (Å²) in [7, 11) is 2.01. The second-order valence-electron chi connectivity index (χ2n) is 7.02. The van der Waals surface area contributed by atoms with Gasteiger partial charge < -0.3 is 4.42 Å². The Morgan fingerprint density at radius 1 is 1.03 bits per heavy atom. The van der Waals surface area contributed by atoms with Gasteiger partial charge in [0.1, 0.15) is 0 Å². The monoisotopic (exact) mass is 388 g/mol. The van der Waals surface area contributed by atoms with Crippen molar-refractivity contribution in [2.45, 2.75) is 19.5 Å².